The van der Waals surface area contributed by atoms with Crippen molar-refractivity contribution in [2.75, 3.05) is 13.2 Å². The van der Waals surface area contributed by atoms with Gasteiger partial charge in [0.25, 0.3) is 0 Å². The highest BCUT2D eigenvalue weighted by Gasteiger charge is 2.23. The van der Waals surface area contributed by atoms with Gasteiger partial charge < -0.3 is 10.1 Å². The first-order valence-electron chi connectivity index (χ1n) is 6.94. The Balaban J connectivity index is 1.62. The van der Waals surface area contributed by atoms with Crippen molar-refractivity contribution >= 4 is 0 Å². The van der Waals surface area contributed by atoms with Crippen molar-refractivity contribution < 1.29 is 9.13 Å². The molecule has 0 aromatic heterocycles. The quantitative estimate of drug-likeness (QED) is 0.916. The fraction of sp³-hybridized carbons (Fsp3) is 0.294. The molecule has 2 nitrogen and oxygen atoms in total. The van der Waals surface area contributed by atoms with Crippen LogP contribution in [0.5, 0.6) is 5.75 Å². The van der Waals surface area contributed by atoms with Crippen LogP contribution in [0.2, 0.25) is 0 Å². The molecule has 1 N–H and O–H groups in total. The zero-order valence-electron chi connectivity index (χ0n) is 11.5. The van der Waals surface area contributed by atoms with Crippen LogP contribution in [0.15, 0.2) is 48.5 Å². The van der Waals surface area contributed by atoms with Crippen LogP contribution in [0.4, 0.5) is 4.39 Å². The summed E-state index contributed by atoms with van der Waals surface area (Å²) in [5, 5.41) is 3.50. The maximum absolute atomic E-state index is 12.9. The molecule has 1 aliphatic heterocycles. The van der Waals surface area contributed by atoms with Crippen LogP contribution in [-0.4, -0.2) is 13.2 Å². The molecule has 0 fully saturated rings. The van der Waals surface area contributed by atoms with Crippen molar-refractivity contribution in [2.45, 2.75) is 18.9 Å². The second kappa shape index (κ2) is 5.63. The number of fused-ring (bicyclic) bond motifs is 1. The van der Waals surface area contributed by atoms with Crippen LogP contribution in [0.25, 0.3) is 0 Å². The van der Waals surface area contributed by atoms with Gasteiger partial charge in [0.1, 0.15) is 11.6 Å². The normalized spacial score (nSPS) is 18.4. The molecule has 104 valence electrons. The van der Waals surface area contributed by atoms with Crippen molar-refractivity contribution in [3.8, 4) is 5.75 Å². The van der Waals surface area contributed by atoms with Crippen molar-refractivity contribution in [1.82, 2.24) is 5.32 Å². The van der Waals surface area contributed by atoms with E-state index in [1.807, 2.05) is 30.3 Å². The third-order valence-corrected chi connectivity index (χ3v) is 3.84. The summed E-state index contributed by atoms with van der Waals surface area (Å²) in [6.45, 7) is 3.67. The molecule has 2 aromatic rings. The first-order chi connectivity index (χ1) is 9.74. The van der Waals surface area contributed by atoms with E-state index >= 15 is 0 Å². The van der Waals surface area contributed by atoms with Gasteiger partial charge in [-0.25, -0.2) is 4.39 Å². The maximum Gasteiger partial charge on any atom is 0.123 e. The lowest BCUT2D eigenvalue weighted by atomic mass is 10.0. The van der Waals surface area contributed by atoms with Gasteiger partial charge in [0.2, 0.25) is 0 Å². The van der Waals surface area contributed by atoms with Gasteiger partial charge in [0.15, 0.2) is 0 Å². The summed E-state index contributed by atoms with van der Waals surface area (Å²) >= 11 is 0. The van der Waals surface area contributed by atoms with Crippen LogP contribution >= 0.6 is 0 Å². The average Bonchev–Trinajstić information content (AvgIpc) is 2.89. The molecule has 2 aromatic carbocycles. The molecule has 2 atom stereocenters. The van der Waals surface area contributed by atoms with Crippen molar-refractivity contribution in [3.63, 3.8) is 0 Å². The summed E-state index contributed by atoms with van der Waals surface area (Å²) in [5.74, 6) is 1.18. The zero-order chi connectivity index (χ0) is 13.9. The number of ether oxygens (including phenoxy) is 1. The van der Waals surface area contributed by atoms with Gasteiger partial charge in [0.05, 0.1) is 6.61 Å². The van der Waals surface area contributed by atoms with Crippen LogP contribution in [0.1, 0.15) is 30.0 Å². The minimum Gasteiger partial charge on any atom is -0.493 e. The van der Waals surface area contributed by atoms with Gasteiger partial charge in [-0.15, -0.1) is 0 Å². The Kier molecular flexibility index (Phi) is 3.70. The first-order valence-corrected chi connectivity index (χ1v) is 6.94. The number of para-hydroxylation sites is 1. The largest absolute Gasteiger partial charge is 0.493 e. The number of hydrogen-bond donors (Lipinski definition) is 1. The van der Waals surface area contributed by atoms with Crippen molar-refractivity contribution in [3.05, 3.63) is 65.5 Å². The maximum atomic E-state index is 12.9. The third kappa shape index (κ3) is 2.68. The molecule has 0 aliphatic carbocycles. The molecule has 1 unspecified atom stereocenters. The molecule has 3 heteroatoms. The van der Waals surface area contributed by atoms with Gasteiger partial charge in [-0.05, 0) is 30.7 Å². The molecule has 0 saturated carbocycles. The molecule has 0 radical (unpaired) electrons. The predicted octanol–water partition coefficient (Wildman–Crippen LogP) is 3.65. The molecule has 0 saturated heterocycles. The molecule has 0 amide bonds. The van der Waals surface area contributed by atoms with Crippen LogP contribution in [0, 0.1) is 5.82 Å². The Morgan fingerprint density at radius 1 is 1.20 bits per heavy atom. The van der Waals surface area contributed by atoms with E-state index in [9.17, 15) is 4.39 Å². The SMILES string of the molecule is C[C@H](NCC1COc2ccccc21)c1ccc(F)cc1. The standard InChI is InChI=1S/C17H18FNO/c1-12(13-6-8-15(18)9-7-13)19-10-14-11-20-17-5-3-2-4-16(14)17/h2-9,12,14,19H,10-11H2,1H3/t12-,14?/m0/s1. The lowest BCUT2D eigenvalue weighted by Gasteiger charge is -2.17. The molecule has 1 aliphatic rings. The Bertz CT molecular complexity index is 582. The van der Waals surface area contributed by atoms with Crippen molar-refractivity contribution in [2.24, 2.45) is 0 Å². The molecule has 3 rings (SSSR count). The molecule has 0 spiro atoms. The van der Waals surface area contributed by atoms with E-state index in [0.29, 0.717) is 5.92 Å². The smallest absolute Gasteiger partial charge is 0.123 e. The molecule has 0 bridgehead atoms. The van der Waals surface area contributed by atoms with E-state index in [1.54, 1.807) is 0 Å². The summed E-state index contributed by atoms with van der Waals surface area (Å²) in [6.07, 6.45) is 0. The van der Waals surface area contributed by atoms with Crippen LogP contribution < -0.4 is 10.1 Å². The Hall–Kier alpha value is -1.87. The fourth-order valence-electron chi connectivity index (χ4n) is 2.59. The summed E-state index contributed by atoms with van der Waals surface area (Å²) in [4.78, 5) is 0. The highest BCUT2D eigenvalue weighted by atomic mass is 19.1. The van der Waals surface area contributed by atoms with Gasteiger partial charge in [-0.3, -0.25) is 0 Å². The van der Waals surface area contributed by atoms with E-state index in [2.05, 4.69) is 18.3 Å². The minimum absolute atomic E-state index is 0.195. The topological polar surface area (TPSA) is 21.3 Å². The molecular weight excluding hydrogens is 253 g/mol. The number of benzene rings is 2. The van der Waals surface area contributed by atoms with Gasteiger partial charge in [-0.2, -0.15) is 0 Å². The molecule has 20 heavy (non-hydrogen) atoms. The zero-order valence-corrected chi connectivity index (χ0v) is 11.5. The number of halogens is 1. The van der Waals surface area contributed by atoms with Gasteiger partial charge in [-0.1, -0.05) is 30.3 Å². The van der Waals surface area contributed by atoms with E-state index < -0.39 is 0 Å². The van der Waals surface area contributed by atoms with Crippen LogP contribution in [-0.2, 0) is 0 Å². The predicted molar refractivity (Wildman–Crippen MR) is 77.5 cm³/mol. The highest BCUT2D eigenvalue weighted by molar-refractivity contribution is 5.39. The summed E-state index contributed by atoms with van der Waals surface area (Å²) < 4.78 is 18.6. The fourth-order valence-corrected chi connectivity index (χ4v) is 2.59. The number of hydrogen-bond acceptors (Lipinski definition) is 2. The molecular formula is C17H18FNO. The Morgan fingerprint density at radius 2 is 1.95 bits per heavy atom. The average molecular weight is 271 g/mol. The first kappa shape index (κ1) is 13.1. The van der Waals surface area contributed by atoms with E-state index in [0.717, 1.165) is 24.5 Å². The highest BCUT2D eigenvalue weighted by Crippen LogP contribution is 2.33. The van der Waals surface area contributed by atoms with Crippen LogP contribution in [0.3, 0.4) is 0 Å². The Labute approximate surface area is 118 Å². The van der Waals surface area contributed by atoms with E-state index in [1.165, 1.54) is 17.7 Å². The summed E-state index contributed by atoms with van der Waals surface area (Å²) in [6, 6.07) is 15.0. The monoisotopic (exact) mass is 271 g/mol. The lowest BCUT2D eigenvalue weighted by molar-refractivity contribution is 0.323. The van der Waals surface area contributed by atoms with E-state index in [4.69, 9.17) is 4.74 Å². The number of nitrogens with one attached hydrogen (secondary N) is 1. The Morgan fingerprint density at radius 3 is 2.75 bits per heavy atom. The summed E-state index contributed by atoms with van der Waals surface area (Å²) in [5.41, 5.74) is 2.37. The lowest BCUT2D eigenvalue weighted by Crippen LogP contribution is -2.25. The minimum atomic E-state index is -0.195. The van der Waals surface area contributed by atoms with Gasteiger partial charge in [0, 0.05) is 24.1 Å². The molecule has 1 heterocycles. The second-order valence-electron chi connectivity index (χ2n) is 5.23. The second-order valence-corrected chi connectivity index (χ2v) is 5.23. The summed E-state index contributed by atoms with van der Waals surface area (Å²) in [7, 11) is 0. The third-order valence-electron chi connectivity index (χ3n) is 3.84. The van der Waals surface area contributed by atoms with Crippen molar-refractivity contribution in [1.29, 1.82) is 0 Å². The number of rotatable bonds is 4. The van der Waals surface area contributed by atoms with Gasteiger partial charge >= 0.3 is 0 Å². The van der Waals surface area contributed by atoms with E-state index in [-0.39, 0.29) is 11.9 Å².